The van der Waals surface area contributed by atoms with E-state index in [9.17, 15) is 14.7 Å². The highest BCUT2D eigenvalue weighted by Gasteiger charge is 2.55. The number of benzene rings is 3. The third kappa shape index (κ3) is 3.19. The lowest BCUT2D eigenvalue weighted by molar-refractivity contribution is -0.117. The van der Waals surface area contributed by atoms with Gasteiger partial charge in [0.15, 0.2) is 11.4 Å². The second-order valence-electron chi connectivity index (χ2n) is 10.3. The van der Waals surface area contributed by atoms with Crippen LogP contribution in [0.3, 0.4) is 0 Å². The van der Waals surface area contributed by atoms with E-state index in [1.807, 2.05) is 12.1 Å². The van der Waals surface area contributed by atoms with Gasteiger partial charge in [0.25, 0.3) is 0 Å². The van der Waals surface area contributed by atoms with Crippen LogP contribution in [0, 0.1) is 0 Å². The number of esters is 1. The lowest BCUT2D eigenvalue weighted by Crippen LogP contribution is -2.38. The standard InChI is InChI=1S/C29H24BrClN2O5/c30-16-6-7-17-19(13-16)29(38-28(17)36)20-11-14-3-1-9-33-10-2-4-18(24(14)33)26(20)37-27-21(29)12-15(5-8-22(32)34)25(35)23(27)31/h6-7,11-13,35H,1-5,8-10H2,(H2,32,34). The largest absolute Gasteiger partial charge is 0.506 e. The van der Waals surface area contributed by atoms with Crippen molar-refractivity contribution in [1.82, 2.24) is 0 Å². The molecule has 7 rings (SSSR count). The van der Waals surface area contributed by atoms with Crippen LogP contribution in [-0.4, -0.2) is 30.1 Å². The number of aromatic hydroxyl groups is 1. The molecule has 38 heavy (non-hydrogen) atoms. The van der Waals surface area contributed by atoms with Crippen molar-refractivity contribution in [3.8, 4) is 17.2 Å². The van der Waals surface area contributed by atoms with E-state index in [2.05, 4.69) is 26.9 Å². The van der Waals surface area contributed by atoms with Crippen LogP contribution in [0.25, 0.3) is 0 Å². The number of rotatable bonds is 3. The molecule has 0 saturated heterocycles. The number of nitrogens with zero attached hydrogens (tertiary/aromatic N) is 1. The van der Waals surface area contributed by atoms with Gasteiger partial charge >= 0.3 is 5.97 Å². The summed E-state index contributed by atoms with van der Waals surface area (Å²) in [4.78, 5) is 27.4. The summed E-state index contributed by atoms with van der Waals surface area (Å²) in [6, 6.07) is 9.34. The molecule has 194 valence electrons. The summed E-state index contributed by atoms with van der Waals surface area (Å²) in [5.74, 6) is -0.218. The van der Waals surface area contributed by atoms with Gasteiger partial charge in [-0.1, -0.05) is 27.5 Å². The zero-order valence-electron chi connectivity index (χ0n) is 20.4. The van der Waals surface area contributed by atoms with E-state index in [4.69, 9.17) is 26.8 Å². The highest BCUT2D eigenvalue weighted by molar-refractivity contribution is 9.10. The van der Waals surface area contributed by atoms with Gasteiger partial charge in [-0.2, -0.15) is 0 Å². The lowest BCUT2D eigenvalue weighted by Gasteiger charge is -2.43. The van der Waals surface area contributed by atoms with Crippen molar-refractivity contribution in [1.29, 1.82) is 0 Å². The minimum atomic E-state index is -1.33. The van der Waals surface area contributed by atoms with E-state index in [-0.39, 0.29) is 29.4 Å². The predicted octanol–water partition coefficient (Wildman–Crippen LogP) is 5.49. The number of aryl methyl sites for hydroxylation is 2. The number of halogens is 2. The first-order chi connectivity index (χ1) is 18.3. The van der Waals surface area contributed by atoms with E-state index >= 15 is 0 Å². The first-order valence-electron chi connectivity index (χ1n) is 12.8. The Hall–Kier alpha value is -3.23. The molecule has 7 nitrogen and oxygen atoms in total. The van der Waals surface area contributed by atoms with Gasteiger partial charge in [0, 0.05) is 51.9 Å². The summed E-state index contributed by atoms with van der Waals surface area (Å²) in [5.41, 5.74) is 10.4. The Morgan fingerprint density at radius 2 is 1.87 bits per heavy atom. The number of ether oxygens (including phenoxy) is 2. The number of fused-ring (bicyclic) bond motifs is 7. The molecule has 4 aliphatic heterocycles. The molecule has 0 aromatic heterocycles. The van der Waals surface area contributed by atoms with Crippen LogP contribution in [0.5, 0.6) is 17.2 Å². The molecule has 1 unspecified atom stereocenters. The molecular weight excluding hydrogens is 572 g/mol. The molecule has 4 heterocycles. The van der Waals surface area contributed by atoms with Gasteiger partial charge in [-0.3, -0.25) is 4.79 Å². The fourth-order valence-electron chi connectivity index (χ4n) is 6.58. The molecular formula is C29H24BrClN2O5. The summed E-state index contributed by atoms with van der Waals surface area (Å²) in [6.45, 7) is 1.99. The zero-order chi connectivity index (χ0) is 26.3. The van der Waals surface area contributed by atoms with Crippen LogP contribution in [0.15, 0.2) is 34.8 Å². The van der Waals surface area contributed by atoms with Crippen LogP contribution < -0.4 is 15.4 Å². The van der Waals surface area contributed by atoms with E-state index in [1.54, 1.807) is 12.1 Å². The predicted molar refractivity (Wildman–Crippen MR) is 145 cm³/mol. The lowest BCUT2D eigenvalue weighted by atomic mass is 9.74. The van der Waals surface area contributed by atoms with E-state index in [0.717, 1.165) is 54.4 Å². The Morgan fingerprint density at radius 1 is 1.11 bits per heavy atom. The Kier molecular flexibility index (Phi) is 5.26. The number of phenolic OH excluding ortho intramolecular Hbond substituents is 1. The summed E-state index contributed by atoms with van der Waals surface area (Å²) < 4.78 is 13.8. The smallest absolute Gasteiger partial charge is 0.340 e. The van der Waals surface area contributed by atoms with Crippen molar-refractivity contribution in [3.63, 3.8) is 0 Å². The van der Waals surface area contributed by atoms with Crippen molar-refractivity contribution in [2.45, 2.75) is 44.1 Å². The van der Waals surface area contributed by atoms with Crippen molar-refractivity contribution in [2.24, 2.45) is 5.73 Å². The Balaban J connectivity index is 1.57. The van der Waals surface area contributed by atoms with Gasteiger partial charge in [0.2, 0.25) is 5.91 Å². The summed E-state index contributed by atoms with van der Waals surface area (Å²) in [7, 11) is 0. The molecule has 3 aromatic carbocycles. The average molecular weight is 596 g/mol. The molecule has 9 heteroatoms. The normalized spacial score (nSPS) is 20.3. The van der Waals surface area contributed by atoms with Gasteiger partial charge in [-0.25, -0.2) is 4.79 Å². The Bertz CT molecular complexity index is 1590. The van der Waals surface area contributed by atoms with Gasteiger partial charge in [-0.15, -0.1) is 0 Å². The van der Waals surface area contributed by atoms with Gasteiger partial charge < -0.3 is 25.2 Å². The number of primary amides is 1. The van der Waals surface area contributed by atoms with Gasteiger partial charge in [-0.05, 0) is 73.6 Å². The maximum Gasteiger partial charge on any atom is 0.340 e. The topological polar surface area (TPSA) is 102 Å². The molecule has 0 fully saturated rings. The summed E-state index contributed by atoms with van der Waals surface area (Å²) in [6.07, 6.45) is 4.00. The molecule has 1 amide bonds. The van der Waals surface area contributed by atoms with E-state index in [1.165, 1.54) is 11.3 Å². The monoisotopic (exact) mass is 594 g/mol. The second kappa shape index (κ2) is 8.38. The Morgan fingerprint density at radius 3 is 2.66 bits per heavy atom. The maximum atomic E-state index is 13.4. The molecule has 0 saturated carbocycles. The molecule has 1 atom stereocenters. The minimum Gasteiger partial charge on any atom is -0.506 e. The van der Waals surface area contributed by atoms with E-state index < -0.39 is 17.5 Å². The minimum absolute atomic E-state index is 0.0177. The summed E-state index contributed by atoms with van der Waals surface area (Å²) >= 11 is 10.4. The van der Waals surface area contributed by atoms with Crippen molar-refractivity contribution in [2.75, 3.05) is 18.0 Å². The first-order valence-corrected chi connectivity index (χ1v) is 13.9. The van der Waals surface area contributed by atoms with Gasteiger partial charge in [0.1, 0.15) is 16.5 Å². The average Bonchev–Trinajstić information content (AvgIpc) is 3.18. The number of nitrogens with two attached hydrogens (primary N) is 1. The van der Waals surface area contributed by atoms with Crippen LogP contribution in [-0.2, 0) is 34.4 Å². The fraction of sp³-hybridized carbons (Fsp3) is 0.310. The second-order valence-corrected chi connectivity index (χ2v) is 11.6. The molecule has 3 N–H and O–H groups in total. The number of hydrogen-bond donors (Lipinski definition) is 2. The number of carbonyl (C=O) groups is 2. The molecule has 0 radical (unpaired) electrons. The third-order valence-corrected chi connectivity index (χ3v) is 9.02. The van der Waals surface area contributed by atoms with Crippen LogP contribution >= 0.6 is 27.5 Å². The number of amides is 1. The molecule has 1 spiro atoms. The number of anilines is 1. The maximum absolute atomic E-state index is 13.4. The van der Waals surface area contributed by atoms with Gasteiger partial charge in [0.05, 0.1) is 5.56 Å². The number of hydrogen-bond acceptors (Lipinski definition) is 6. The van der Waals surface area contributed by atoms with Crippen molar-refractivity contribution < 1.29 is 24.2 Å². The van der Waals surface area contributed by atoms with Crippen LogP contribution in [0.4, 0.5) is 5.69 Å². The zero-order valence-corrected chi connectivity index (χ0v) is 22.7. The van der Waals surface area contributed by atoms with Crippen LogP contribution in [0.2, 0.25) is 5.02 Å². The quantitative estimate of drug-likeness (QED) is 0.388. The summed E-state index contributed by atoms with van der Waals surface area (Å²) in [5, 5.41) is 11.0. The highest BCUT2D eigenvalue weighted by atomic mass is 79.9. The third-order valence-electron chi connectivity index (χ3n) is 8.18. The highest BCUT2D eigenvalue weighted by Crippen LogP contribution is 2.62. The molecule has 3 aromatic rings. The van der Waals surface area contributed by atoms with Crippen LogP contribution in [0.1, 0.15) is 63.0 Å². The van der Waals surface area contributed by atoms with Crippen molar-refractivity contribution >= 4 is 45.1 Å². The number of phenols is 1. The molecule has 0 aliphatic carbocycles. The first kappa shape index (κ1) is 23.9. The molecule has 4 aliphatic rings. The fourth-order valence-corrected chi connectivity index (χ4v) is 7.20. The Labute approximate surface area is 232 Å². The molecule has 0 bridgehead atoms. The van der Waals surface area contributed by atoms with E-state index in [0.29, 0.717) is 28.0 Å². The number of carbonyl (C=O) groups excluding carboxylic acids is 2. The SMILES string of the molecule is NC(=O)CCc1cc2c(c(Cl)c1O)Oc1c(cc3c4c1CCCN4CCC3)C21OC(=O)c2ccc(Br)cc21. The van der Waals surface area contributed by atoms with Crippen molar-refractivity contribution in [3.05, 3.63) is 78.8 Å².